The molecule has 0 saturated carbocycles. The highest BCUT2D eigenvalue weighted by Gasteiger charge is 2.28. The van der Waals surface area contributed by atoms with Crippen LogP contribution < -0.4 is 19.3 Å². The lowest BCUT2D eigenvalue weighted by Gasteiger charge is -2.08. The van der Waals surface area contributed by atoms with Gasteiger partial charge in [0, 0.05) is 13.3 Å². The Morgan fingerprint density at radius 1 is 1.29 bits per heavy atom. The quantitative estimate of drug-likeness (QED) is 0.322. The predicted molar refractivity (Wildman–Crippen MR) is 82.7 cm³/mol. The van der Waals surface area contributed by atoms with E-state index in [0.29, 0.717) is 24.5 Å². The van der Waals surface area contributed by atoms with Gasteiger partial charge in [-0.3, -0.25) is 9.32 Å². The van der Waals surface area contributed by atoms with Crippen LogP contribution in [-0.4, -0.2) is 31.2 Å². The zero-order valence-corrected chi connectivity index (χ0v) is 14.0. The van der Waals surface area contributed by atoms with E-state index >= 15 is 0 Å². The maximum atomic E-state index is 11.8. The Kier molecular flexibility index (Phi) is 5.51. The third-order valence-corrected chi connectivity index (χ3v) is 3.34. The van der Waals surface area contributed by atoms with Crippen LogP contribution in [0, 0.1) is 0 Å². The molecule has 8 heteroatoms. The van der Waals surface area contributed by atoms with Gasteiger partial charge < -0.3 is 14.6 Å². The first-order valence-corrected chi connectivity index (χ1v) is 7.30. The molecule has 1 aromatic heterocycles. The van der Waals surface area contributed by atoms with Crippen LogP contribution in [0.3, 0.4) is 0 Å². The summed E-state index contributed by atoms with van der Waals surface area (Å²) in [5.74, 6) is 0.466. The summed E-state index contributed by atoms with van der Waals surface area (Å²) in [6, 6.07) is 5.56. The van der Waals surface area contributed by atoms with Crippen molar-refractivity contribution in [1.82, 2.24) is 5.27 Å². The van der Waals surface area contributed by atoms with Crippen LogP contribution in [0.2, 0.25) is 0 Å². The van der Waals surface area contributed by atoms with E-state index in [4.69, 9.17) is 14.0 Å². The molecule has 0 spiro atoms. The molecule has 1 heterocycles. The first kappa shape index (κ1) is 17.5. The standard InChI is InChI=1S/C16H19N3O5/c1-10(20)15-16(17-11(2)21)24-18-19(15)8-7-12-5-6-13(22-3)14(9-12)23-4/h5-6,9H,7-8H2,1-4H3. The number of benzene rings is 1. The van der Waals surface area contributed by atoms with Crippen molar-refractivity contribution in [2.45, 2.75) is 26.8 Å². The molecular formula is C16H19N3O5. The molecule has 0 N–H and O–H groups in total. The Hall–Kier alpha value is -2.90. The zero-order valence-electron chi connectivity index (χ0n) is 14.0. The van der Waals surface area contributed by atoms with Gasteiger partial charge in [0.1, 0.15) is 0 Å². The Balaban J connectivity index is 2.22. The summed E-state index contributed by atoms with van der Waals surface area (Å²) in [4.78, 5) is 15.5. The van der Waals surface area contributed by atoms with E-state index in [1.807, 2.05) is 18.2 Å². The third-order valence-electron chi connectivity index (χ3n) is 3.34. The molecule has 0 bridgehead atoms. The van der Waals surface area contributed by atoms with Crippen LogP contribution in [0.5, 0.6) is 11.5 Å². The fourth-order valence-corrected chi connectivity index (χ4v) is 2.25. The summed E-state index contributed by atoms with van der Waals surface area (Å²) in [7, 11) is 3.14. The number of hydrogen-bond acceptors (Lipinski definition) is 7. The summed E-state index contributed by atoms with van der Waals surface area (Å²) < 4.78 is 16.9. The second-order valence-corrected chi connectivity index (χ2v) is 5.08. The Morgan fingerprint density at radius 3 is 2.58 bits per heavy atom. The number of carbonyl (C=O) groups excluding carboxylic acids is 1. The van der Waals surface area contributed by atoms with Crippen LogP contribution >= 0.6 is 0 Å². The lowest BCUT2D eigenvalue weighted by molar-refractivity contribution is -0.763. The number of hydrogen-bond donors (Lipinski definition) is 0. The van der Waals surface area contributed by atoms with Crippen molar-refractivity contribution in [3.05, 3.63) is 29.5 Å². The normalized spacial score (nSPS) is 11.4. The molecule has 0 unspecified atom stereocenters. The molecule has 0 aliphatic heterocycles. The lowest BCUT2D eigenvalue weighted by Crippen LogP contribution is -2.41. The van der Waals surface area contributed by atoms with Gasteiger partial charge in [-0.2, -0.15) is 0 Å². The monoisotopic (exact) mass is 333 g/mol. The van der Waals surface area contributed by atoms with Crippen LogP contribution in [0.1, 0.15) is 29.9 Å². The van der Waals surface area contributed by atoms with Crippen LogP contribution in [0.4, 0.5) is 5.88 Å². The molecule has 0 fully saturated rings. The molecule has 128 valence electrons. The number of methoxy groups -OCH3 is 2. The maximum Gasteiger partial charge on any atom is 0.342 e. The van der Waals surface area contributed by atoms with Gasteiger partial charge in [0.15, 0.2) is 18.0 Å². The highest BCUT2D eigenvalue weighted by atomic mass is 16.5. The van der Waals surface area contributed by atoms with Gasteiger partial charge in [-0.1, -0.05) is 6.07 Å². The fourth-order valence-electron chi connectivity index (χ4n) is 2.25. The molecule has 0 atom stereocenters. The number of nitrogens with zero attached hydrogens (tertiary/aromatic N) is 3. The highest BCUT2D eigenvalue weighted by molar-refractivity contribution is 5.94. The zero-order chi connectivity index (χ0) is 17.7. The van der Waals surface area contributed by atoms with E-state index < -0.39 is 5.90 Å². The van der Waals surface area contributed by atoms with Gasteiger partial charge >= 0.3 is 11.6 Å². The molecule has 1 aromatic carbocycles. The van der Waals surface area contributed by atoms with Crippen LogP contribution in [0.25, 0.3) is 0 Å². The molecule has 0 aliphatic rings. The SMILES string of the molecule is COc1ccc(CC[n+]2noc(/N=C(/C)[O-])c2C(C)=O)cc1OC. The first-order valence-electron chi connectivity index (χ1n) is 7.30. The second kappa shape index (κ2) is 7.58. The Labute approximate surface area is 139 Å². The minimum absolute atomic E-state index is 0.0673. The van der Waals surface area contributed by atoms with E-state index in [0.717, 1.165) is 5.56 Å². The average molecular weight is 333 g/mol. The molecule has 8 nitrogen and oxygen atoms in total. The van der Waals surface area contributed by atoms with E-state index in [1.165, 1.54) is 18.5 Å². The molecule has 0 radical (unpaired) electrons. The van der Waals surface area contributed by atoms with E-state index in [-0.39, 0.29) is 17.4 Å². The first-order chi connectivity index (χ1) is 11.5. The maximum absolute atomic E-state index is 11.8. The van der Waals surface area contributed by atoms with E-state index in [2.05, 4.69) is 10.3 Å². The number of aryl methyl sites for hydroxylation is 2. The summed E-state index contributed by atoms with van der Waals surface area (Å²) >= 11 is 0. The molecule has 2 aromatic rings. The van der Waals surface area contributed by atoms with E-state index in [9.17, 15) is 9.90 Å². The number of ether oxygens (including phenoxy) is 2. The largest absolute Gasteiger partial charge is 0.862 e. The molecule has 0 aliphatic carbocycles. The predicted octanol–water partition coefficient (Wildman–Crippen LogP) is 0.835. The van der Waals surface area contributed by atoms with Gasteiger partial charge in [0.25, 0.3) is 0 Å². The molecule has 24 heavy (non-hydrogen) atoms. The van der Waals surface area contributed by atoms with Crippen LogP contribution in [-0.2, 0) is 13.0 Å². The summed E-state index contributed by atoms with van der Waals surface area (Å²) in [6.07, 6.45) is 0.581. The van der Waals surface area contributed by atoms with Crippen molar-refractivity contribution < 1.29 is 28.6 Å². The van der Waals surface area contributed by atoms with Crippen molar-refractivity contribution in [3.8, 4) is 11.5 Å². The van der Waals surface area contributed by atoms with Crippen molar-refractivity contribution >= 4 is 17.6 Å². The fraction of sp³-hybridized carbons (Fsp3) is 0.375. The molecule has 0 saturated heterocycles. The minimum Gasteiger partial charge on any atom is -0.862 e. The second-order valence-electron chi connectivity index (χ2n) is 5.08. The van der Waals surface area contributed by atoms with Crippen molar-refractivity contribution in [2.75, 3.05) is 14.2 Å². The van der Waals surface area contributed by atoms with Gasteiger partial charge in [-0.25, -0.2) is 4.99 Å². The Morgan fingerprint density at radius 2 is 2.00 bits per heavy atom. The number of ketones is 1. The van der Waals surface area contributed by atoms with Gasteiger partial charge in [0.05, 0.1) is 14.2 Å². The summed E-state index contributed by atoms with van der Waals surface area (Å²) in [5, 5.41) is 14.9. The van der Waals surface area contributed by atoms with Crippen molar-refractivity contribution in [3.63, 3.8) is 0 Å². The molecule has 0 amide bonds. The minimum atomic E-state index is -0.458. The van der Waals surface area contributed by atoms with Crippen LogP contribution in [0.15, 0.2) is 27.7 Å². The van der Waals surface area contributed by atoms with Crippen molar-refractivity contribution in [2.24, 2.45) is 4.99 Å². The van der Waals surface area contributed by atoms with E-state index in [1.54, 1.807) is 14.2 Å². The summed E-state index contributed by atoms with van der Waals surface area (Å²) in [6.45, 7) is 3.04. The van der Waals surface area contributed by atoms with Crippen molar-refractivity contribution in [1.29, 1.82) is 0 Å². The van der Waals surface area contributed by atoms with Gasteiger partial charge in [-0.15, -0.1) is 0 Å². The average Bonchev–Trinajstić information content (AvgIpc) is 2.94. The molecule has 2 rings (SSSR count). The number of Topliss-reactive ketones (excluding diaryl/α,β-unsaturated/α-hetero) is 1. The lowest BCUT2D eigenvalue weighted by atomic mass is 10.1. The number of aromatic nitrogens is 2. The number of carbonyl (C=O) groups is 1. The highest BCUT2D eigenvalue weighted by Crippen LogP contribution is 2.27. The number of aliphatic imine (C=N–C) groups is 1. The third kappa shape index (κ3) is 3.89. The van der Waals surface area contributed by atoms with Gasteiger partial charge in [0.2, 0.25) is 11.1 Å². The topological polar surface area (TPSA) is 101 Å². The number of rotatable bonds is 7. The summed E-state index contributed by atoms with van der Waals surface area (Å²) in [5.41, 5.74) is 1.15. The van der Waals surface area contributed by atoms with Gasteiger partial charge in [-0.05, 0) is 35.2 Å². The molecular weight excluding hydrogens is 314 g/mol. The smallest absolute Gasteiger partial charge is 0.342 e. The Bertz CT molecular complexity index is 763.